The Bertz CT molecular complexity index is 515. The zero-order valence-corrected chi connectivity index (χ0v) is 11.3. The van der Waals surface area contributed by atoms with E-state index in [-0.39, 0.29) is 6.54 Å². The lowest BCUT2D eigenvalue weighted by Crippen LogP contribution is -2.34. The third-order valence-electron chi connectivity index (χ3n) is 3.24. The van der Waals surface area contributed by atoms with Crippen molar-refractivity contribution in [2.24, 2.45) is 5.41 Å². The number of carbonyl (C=O) groups is 2. The Kier molecular flexibility index (Phi) is 4.27. The number of aliphatic carboxylic acids is 1. The van der Waals surface area contributed by atoms with Crippen molar-refractivity contribution in [3.63, 3.8) is 0 Å². The third-order valence-corrected chi connectivity index (χ3v) is 3.96. The highest BCUT2D eigenvalue weighted by Crippen LogP contribution is 2.45. The van der Waals surface area contributed by atoms with Crippen LogP contribution in [-0.2, 0) is 4.79 Å². The molecule has 0 bridgehead atoms. The van der Waals surface area contributed by atoms with Gasteiger partial charge in [0.05, 0.1) is 5.41 Å². The topological polar surface area (TPSA) is 66.4 Å². The maximum atomic E-state index is 12.1. The number of rotatable bonds is 6. The fourth-order valence-electron chi connectivity index (χ4n) is 1.76. The lowest BCUT2D eigenvalue weighted by molar-refractivity contribution is -0.143. The third kappa shape index (κ3) is 3.47. The number of alkyl halides is 2. The minimum absolute atomic E-state index is 0.0920. The molecule has 2 rings (SSSR count). The highest BCUT2D eigenvalue weighted by atomic mass is 32.2. The van der Waals surface area contributed by atoms with Gasteiger partial charge in [-0.2, -0.15) is 8.78 Å². The Morgan fingerprint density at radius 1 is 1.30 bits per heavy atom. The lowest BCUT2D eigenvalue weighted by Gasteiger charge is -2.11. The van der Waals surface area contributed by atoms with Gasteiger partial charge in [-0.1, -0.05) is 11.8 Å². The summed E-state index contributed by atoms with van der Waals surface area (Å²) in [5.41, 5.74) is -0.494. The second-order valence-electron chi connectivity index (χ2n) is 4.67. The summed E-state index contributed by atoms with van der Waals surface area (Å²) in [5, 5.41) is 11.6. The summed E-state index contributed by atoms with van der Waals surface area (Å²) in [7, 11) is 0. The Morgan fingerprint density at radius 2 is 1.90 bits per heavy atom. The van der Waals surface area contributed by atoms with Crippen LogP contribution in [0, 0.1) is 5.41 Å². The van der Waals surface area contributed by atoms with Crippen LogP contribution < -0.4 is 5.32 Å². The molecule has 1 saturated carbocycles. The number of benzene rings is 1. The molecule has 0 radical (unpaired) electrons. The van der Waals surface area contributed by atoms with E-state index in [0.29, 0.717) is 35.1 Å². The van der Waals surface area contributed by atoms with Crippen LogP contribution in [-0.4, -0.2) is 29.3 Å². The number of halogens is 2. The van der Waals surface area contributed by atoms with Crippen LogP contribution in [0.15, 0.2) is 29.2 Å². The second-order valence-corrected chi connectivity index (χ2v) is 5.73. The molecule has 0 unspecified atom stereocenters. The Labute approximate surface area is 118 Å². The van der Waals surface area contributed by atoms with Crippen molar-refractivity contribution in [3.8, 4) is 0 Å². The van der Waals surface area contributed by atoms with Crippen molar-refractivity contribution in [3.05, 3.63) is 29.8 Å². The normalized spacial score (nSPS) is 15.9. The monoisotopic (exact) mass is 301 g/mol. The molecule has 4 nitrogen and oxygen atoms in total. The van der Waals surface area contributed by atoms with Crippen molar-refractivity contribution in [2.45, 2.75) is 23.5 Å². The van der Waals surface area contributed by atoms with Crippen molar-refractivity contribution >= 4 is 23.6 Å². The summed E-state index contributed by atoms with van der Waals surface area (Å²) >= 11 is 0.408. The molecule has 2 N–H and O–H groups in total. The molecule has 1 aliphatic carbocycles. The molecule has 108 valence electrons. The number of nitrogens with one attached hydrogen (secondary N) is 1. The van der Waals surface area contributed by atoms with Gasteiger partial charge < -0.3 is 10.4 Å². The van der Waals surface area contributed by atoms with Gasteiger partial charge >= 0.3 is 5.97 Å². The summed E-state index contributed by atoms with van der Waals surface area (Å²) in [6.07, 6.45) is 1.12. The van der Waals surface area contributed by atoms with E-state index in [1.807, 2.05) is 0 Å². The first-order valence-corrected chi connectivity index (χ1v) is 6.87. The largest absolute Gasteiger partial charge is 0.481 e. The van der Waals surface area contributed by atoms with Crippen molar-refractivity contribution in [2.75, 3.05) is 6.54 Å². The molecule has 0 heterocycles. The average molecular weight is 301 g/mol. The molecule has 0 spiro atoms. The summed E-state index contributed by atoms with van der Waals surface area (Å²) in [6, 6.07) is 5.77. The molecular weight excluding hydrogens is 288 g/mol. The van der Waals surface area contributed by atoms with Crippen LogP contribution in [0.1, 0.15) is 23.2 Å². The van der Waals surface area contributed by atoms with E-state index < -0.39 is 23.0 Å². The molecule has 1 aliphatic rings. The van der Waals surface area contributed by atoms with Gasteiger partial charge in [-0.3, -0.25) is 9.59 Å². The molecule has 0 atom stereocenters. The summed E-state index contributed by atoms with van der Waals surface area (Å²) in [6.45, 7) is 0.0920. The molecule has 1 fully saturated rings. The number of thioether (sulfide) groups is 1. The Morgan fingerprint density at radius 3 is 2.35 bits per heavy atom. The minimum atomic E-state index is -2.50. The van der Waals surface area contributed by atoms with Gasteiger partial charge in [-0.15, -0.1) is 0 Å². The first-order valence-electron chi connectivity index (χ1n) is 5.99. The van der Waals surface area contributed by atoms with Crippen LogP contribution in [0.2, 0.25) is 0 Å². The molecule has 1 aromatic rings. The Hall–Kier alpha value is -1.63. The van der Waals surface area contributed by atoms with Gasteiger partial charge in [0, 0.05) is 17.0 Å². The zero-order chi connectivity index (χ0) is 14.8. The lowest BCUT2D eigenvalue weighted by atomic mass is 10.1. The number of hydrogen-bond donors (Lipinski definition) is 2. The summed E-state index contributed by atoms with van der Waals surface area (Å²) in [4.78, 5) is 23.1. The maximum Gasteiger partial charge on any atom is 0.311 e. The van der Waals surface area contributed by atoms with Crippen LogP contribution >= 0.6 is 11.8 Å². The number of hydrogen-bond acceptors (Lipinski definition) is 3. The van der Waals surface area contributed by atoms with Crippen LogP contribution in [0.3, 0.4) is 0 Å². The van der Waals surface area contributed by atoms with E-state index in [1.165, 1.54) is 24.3 Å². The summed E-state index contributed by atoms with van der Waals surface area (Å²) in [5.74, 6) is -3.80. The average Bonchev–Trinajstić information content (AvgIpc) is 3.17. The van der Waals surface area contributed by atoms with Gasteiger partial charge in [-0.25, -0.2) is 0 Å². The van der Waals surface area contributed by atoms with Gasteiger partial charge in [0.15, 0.2) is 0 Å². The Balaban J connectivity index is 1.91. The number of carboxylic acids is 1. The van der Waals surface area contributed by atoms with E-state index in [0.717, 1.165) is 0 Å². The van der Waals surface area contributed by atoms with Gasteiger partial charge in [0.2, 0.25) is 0 Å². The molecular formula is C13H13F2NO3S. The van der Waals surface area contributed by atoms with E-state index >= 15 is 0 Å². The molecule has 1 amide bonds. The van der Waals surface area contributed by atoms with Crippen LogP contribution in [0.4, 0.5) is 8.78 Å². The SMILES string of the molecule is O=C(NCC1(C(=O)O)CC1)c1ccc(SC(F)F)cc1. The minimum Gasteiger partial charge on any atom is -0.481 e. The predicted molar refractivity (Wildman–Crippen MR) is 69.9 cm³/mol. The fraction of sp³-hybridized carbons (Fsp3) is 0.385. The van der Waals surface area contributed by atoms with E-state index in [9.17, 15) is 18.4 Å². The van der Waals surface area contributed by atoms with Crippen molar-refractivity contribution < 1.29 is 23.5 Å². The first-order chi connectivity index (χ1) is 9.43. The molecule has 0 aliphatic heterocycles. The molecule has 7 heteroatoms. The highest BCUT2D eigenvalue weighted by molar-refractivity contribution is 7.99. The molecule has 0 aromatic heterocycles. The second kappa shape index (κ2) is 5.78. The molecule has 1 aromatic carbocycles. The maximum absolute atomic E-state index is 12.1. The van der Waals surface area contributed by atoms with Gasteiger partial charge in [-0.05, 0) is 37.1 Å². The van der Waals surface area contributed by atoms with E-state index in [4.69, 9.17) is 5.11 Å². The number of carboxylic acid groups (broad SMARTS) is 1. The number of carbonyl (C=O) groups excluding carboxylic acids is 1. The first kappa shape index (κ1) is 14.8. The summed E-state index contributed by atoms with van der Waals surface area (Å²) < 4.78 is 24.3. The fourth-order valence-corrected chi connectivity index (χ4v) is 2.26. The van der Waals surface area contributed by atoms with Crippen LogP contribution in [0.5, 0.6) is 0 Å². The smallest absolute Gasteiger partial charge is 0.311 e. The number of amides is 1. The van der Waals surface area contributed by atoms with Gasteiger partial charge in [0.25, 0.3) is 11.7 Å². The van der Waals surface area contributed by atoms with Crippen molar-refractivity contribution in [1.82, 2.24) is 5.32 Å². The van der Waals surface area contributed by atoms with Gasteiger partial charge in [0.1, 0.15) is 0 Å². The standard InChI is InChI=1S/C13H13F2NO3S/c14-12(15)20-9-3-1-8(2-4-9)10(17)16-7-13(5-6-13)11(18)19/h1-4,12H,5-7H2,(H,16,17)(H,18,19). The predicted octanol–water partition coefficient (Wildman–Crippen LogP) is 2.60. The van der Waals surface area contributed by atoms with E-state index in [2.05, 4.69) is 5.32 Å². The zero-order valence-electron chi connectivity index (χ0n) is 10.4. The quantitative estimate of drug-likeness (QED) is 0.793. The van der Waals surface area contributed by atoms with E-state index in [1.54, 1.807) is 0 Å². The highest BCUT2D eigenvalue weighted by Gasteiger charge is 2.50. The molecule has 20 heavy (non-hydrogen) atoms. The van der Waals surface area contributed by atoms with Crippen LogP contribution in [0.25, 0.3) is 0 Å². The molecule has 0 saturated heterocycles. The van der Waals surface area contributed by atoms with Crippen molar-refractivity contribution in [1.29, 1.82) is 0 Å².